The van der Waals surface area contributed by atoms with E-state index in [9.17, 15) is 9.18 Å². The highest BCUT2D eigenvalue weighted by Gasteiger charge is 2.30. The smallest absolute Gasteiger partial charge is 0.273 e. The molecule has 7 nitrogen and oxygen atoms in total. The summed E-state index contributed by atoms with van der Waals surface area (Å²) in [6.45, 7) is 3.63. The third kappa shape index (κ3) is 4.49. The molecule has 1 saturated heterocycles. The van der Waals surface area contributed by atoms with Gasteiger partial charge in [-0.15, -0.1) is 0 Å². The summed E-state index contributed by atoms with van der Waals surface area (Å²) in [6.07, 6.45) is 3.85. The molecule has 1 amide bonds. The van der Waals surface area contributed by atoms with Crippen LogP contribution in [-0.4, -0.2) is 48.7 Å². The van der Waals surface area contributed by atoms with E-state index in [0.29, 0.717) is 18.2 Å². The Morgan fingerprint density at radius 2 is 1.94 bits per heavy atom. The van der Waals surface area contributed by atoms with E-state index in [-0.39, 0.29) is 17.8 Å². The van der Waals surface area contributed by atoms with E-state index in [0.717, 1.165) is 56.2 Å². The fourth-order valence-corrected chi connectivity index (χ4v) is 4.07. The summed E-state index contributed by atoms with van der Waals surface area (Å²) in [5.41, 5.74) is 1.34. The largest absolute Gasteiger partial charge is 0.468 e. The number of aromatic nitrogens is 1. The average molecular weight is 424 g/mol. The molecule has 8 heteroatoms. The van der Waals surface area contributed by atoms with E-state index in [4.69, 9.17) is 8.94 Å². The Balaban J connectivity index is 1.22. The molecule has 5 rings (SSSR count). The van der Waals surface area contributed by atoms with Crippen LogP contribution >= 0.6 is 0 Å². The van der Waals surface area contributed by atoms with Crippen molar-refractivity contribution in [3.63, 3.8) is 0 Å². The van der Waals surface area contributed by atoms with Crippen LogP contribution in [0.15, 0.2) is 57.7 Å². The van der Waals surface area contributed by atoms with E-state index in [1.54, 1.807) is 12.3 Å². The summed E-state index contributed by atoms with van der Waals surface area (Å²) >= 11 is 0. The lowest BCUT2D eigenvalue weighted by atomic mass is 10.1. The fraction of sp³-hybridized carbons (Fsp3) is 0.391. The molecule has 162 valence electrons. The second kappa shape index (κ2) is 8.55. The minimum atomic E-state index is -0.239. The average Bonchev–Trinajstić information content (AvgIpc) is 3.28. The van der Waals surface area contributed by atoms with Crippen molar-refractivity contribution in [1.82, 2.24) is 15.4 Å². The van der Waals surface area contributed by atoms with E-state index in [1.807, 2.05) is 24.3 Å². The number of rotatable bonds is 7. The third-order valence-corrected chi connectivity index (χ3v) is 6.02. The van der Waals surface area contributed by atoms with E-state index >= 15 is 0 Å². The number of anilines is 1. The number of carbonyl (C=O) groups excluding carboxylic acids is 1. The summed E-state index contributed by atoms with van der Waals surface area (Å²) in [6, 6.07) is 12.1. The number of nitrogens with one attached hydrogen (secondary N) is 1. The van der Waals surface area contributed by atoms with Gasteiger partial charge in [-0.1, -0.05) is 5.16 Å². The Kier molecular flexibility index (Phi) is 5.46. The van der Waals surface area contributed by atoms with Gasteiger partial charge in [-0.25, -0.2) is 4.39 Å². The Morgan fingerprint density at radius 3 is 2.61 bits per heavy atom. The topological polar surface area (TPSA) is 74.8 Å². The van der Waals surface area contributed by atoms with Gasteiger partial charge in [0.1, 0.15) is 17.3 Å². The number of halogens is 1. The minimum Gasteiger partial charge on any atom is -0.468 e. The van der Waals surface area contributed by atoms with Crippen molar-refractivity contribution in [2.75, 3.05) is 37.6 Å². The Morgan fingerprint density at radius 1 is 1.16 bits per heavy atom. The second-order valence-corrected chi connectivity index (χ2v) is 8.13. The van der Waals surface area contributed by atoms with E-state index in [1.165, 1.54) is 12.1 Å². The SMILES string of the molecule is O=C(NCC(c1ccco1)N1CCN(c2ccc(F)cc2)CC1)c1cc(C2CC2)on1. The quantitative estimate of drug-likeness (QED) is 0.625. The standard InChI is InChI=1S/C23H25FN4O3/c24-17-5-7-18(8-6-17)27-9-11-28(12-10-27)20(21-2-1-13-30-21)15-25-23(29)19-14-22(31-26-19)16-3-4-16/h1-2,5-8,13-14,16,20H,3-4,9-12,15H2,(H,25,29). The third-order valence-electron chi connectivity index (χ3n) is 6.02. The molecule has 3 heterocycles. The van der Waals surface area contributed by atoms with Gasteiger partial charge in [0, 0.05) is 50.4 Å². The summed E-state index contributed by atoms with van der Waals surface area (Å²) in [5, 5.41) is 6.91. The van der Waals surface area contributed by atoms with Crippen LogP contribution < -0.4 is 10.2 Å². The summed E-state index contributed by atoms with van der Waals surface area (Å²) in [4.78, 5) is 17.1. The summed E-state index contributed by atoms with van der Waals surface area (Å²) < 4.78 is 24.2. The van der Waals surface area contributed by atoms with Crippen LogP contribution in [0.3, 0.4) is 0 Å². The zero-order chi connectivity index (χ0) is 21.2. The van der Waals surface area contributed by atoms with Crippen LogP contribution in [0.4, 0.5) is 10.1 Å². The zero-order valence-corrected chi connectivity index (χ0v) is 17.2. The molecule has 2 fully saturated rings. The number of carbonyl (C=O) groups is 1. The van der Waals surface area contributed by atoms with Gasteiger partial charge in [0.25, 0.3) is 5.91 Å². The van der Waals surface area contributed by atoms with Crippen molar-refractivity contribution in [2.24, 2.45) is 0 Å². The lowest BCUT2D eigenvalue weighted by Gasteiger charge is -2.39. The van der Waals surface area contributed by atoms with Crippen LogP contribution in [-0.2, 0) is 0 Å². The highest BCUT2D eigenvalue weighted by atomic mass is 19.1. The number of benzene rings is 1. The zero-order valence-electron chi connectivity index (χ0n) is 17.2. The van der Waals surface area contributed by atoms with Gasteiger partial charge in [0.05, 0.1) is 12.3 Å². The van der Waals surface area contributed by atoms with Crippen LogP contribution in [0, 0.1) is 5.82 Å². The number of hydrogen-bond donors (Lipinski definition) is 1. The molecular weight excluding hydrogens is 399 g/mol. The molecule has 0 spiro atoms. The Bertz CT molecular complexity index is 1010. The highest BCUT2D eigenvalue weighted by Crippen LogP contribution is 2.40. The molecule has 1 aromatic carbocycles. The van der Waals surface area contributed by atoms with Crippen molar-refractivity contribution in [3.8, 4) is 0 Å². The number of furan rings is 1. The van der Waals surface area contributed by atoms with Crippen LogP contribution in [0.1, 0.15) is 46.8 Å². The van der Waals surface area contributed by atoms with Crippen molar-refractivity contribution in [1.29, 1.82) is 0 Å². The molecule has 1 unspecified atom stereocenters. The van der Waals surface area contributed by atoms with Crippen molar-refractivity contribution < 1.29 is 18.1 Å². The van der Waals surface area contributed by atoms with Gasteiger partial charge >= 0.3 is 0 Å². The Hall–Kier alpha value is -3.13. The van der Waals surface area contributed by atoms with Crippen LogP contribution in [0.25, 0.3) is 0 Å². The fourth-order valence-electron chi connectivity index (χ4n) is 4.07. The molecule has 1 aliphatic carbocycles. The molecule has 1 aliphatic heterocycles. The van der Waals surface area contributed by atoms with Crippen molar-refractivity contribution in [2.45, 2.75) is 24.8 Å². The van der Waals surface area contributed by atoms with Gasteiger partial charge in [0.15, 0.2) is 5.69 Å². The molecule has 31 heavy (non-hydrogen) atoms. The summed E-state index contributed by atoms with van der Waals surface area (Å²) in [7, 11) is 0. The first kappa shape index (κ1) is 19.8. The predicted octanol–water partition coefficient (Wildman–Crippen LogP) is 3.58. The predicted molar refractivity (Wildman–Crippen MR) is 112 cm³/mol. The monoisotopic (exact) mass is 424 g/mol. The van der Waals surface area contributed by atoms with Gasteiger partial charge in [-0.2, -0.15) is 0 Å². The van der Waals surface area contributed by atoms with Gasteiger partial charge in [-0.05, 0) is 49.2 Å². The van der Waals surface area contributed by atoms with Gasteiger partial charge in [0.2, 0.25) is 0 Å². The maximum absolute atomic E-state index is 13.2. The molecule has 1 saturated carbocycles. The minimum absolute atomic E-state index is 0.0795. The number of amides is 1. The molecule has 0 radical (unpaired) electrons. The lowest BCUT2D eigenvalue weighted by molar-refractivity contribution is 0.0914. The first-order valence-corrected chi connectivity index (χ1v) is 10.7. The molecular formula is C23H25FN4O3. The maximum atomic E-state index is 13.2. The van der Waals surface area contributed by atoms with Gasteiger partial charge in [-0.3, -0.25) is 9.69 Å². The Labute approximate surface area is 179 Å². The first-order chi connectivity index (χ1) is 15.2. The normalized spacial score (nSPS) is 18.2. The molecule has 2 aliphatic rings. The summed E-state index contributed by atoms with van der Waals surface area (Å²) in [5.74, 6) is 1.56. The van der Waals surface area contributed by atoms with Crippen molar-refractivity contribution in [3.05, 3.63) is 71.8 Å². The molecule has 2 aromatic heterocycles. The number of nitrogens with zero attached hydrogens (tertiary/aromatic N) is 3. The number of piperazine rings is 1. The lowest BCUT2D eigenvalue weighted by Crippen LogP contribution is -2.49. The maximum Gasteiger partial charge on any atom is 0.273 e. The molecule has 1 atom stereocenters. The first-order valence-electron chi connectivity index (χ1n) is 10.7. The molecule has 0 bridgehead atoms. The molecule has 1 N–H and O–H groups in total. The van der Waals surface area contributed by atoms with Crippen molar-refractivity contribution >= 4 is 11.6 Å². The van der Waals surface area contributed by atoms with Gasteiger partial charge < -0.3 is 19.2 Å². The highest BCUT2D eigenvalue weighted by molar-refractivity contribution is 5.92. The van der Waals surface area contributed by atoms with Crippen LogP contribution in [0.2, 0.25) is 0 Å². The number of hydrogen-bond acceptors (Lipinski definition) is 6. The van der Waals surface area contributed by atoms with E-state index in [2.05, 4.69) is 20.3 Å². The second-order valence-electron chi connectivity index (χ2n) is 8.13. The van der Waals surface area contributed by atoms with Crippen LogP contribution in [0.5, 0.6) is 0 Å². The molecule has 3 aromatic rings. The van der Waals surface area contributed by atoms with E-state index < -0.39 is 0 Å².